The Bertz CT molecular complexity index is 250. The summed E-state index contributed by atoms with van der Waals surface area (Å²) in [6.45, 7) is 0.697. The van der Waals surface area contributed by atoms with Gasteiger partial charge in [-0.2, -0.15) is 13.1 Å². The molecule has 7 heteroatoms. The van der Waals surface area contributed by atoms with Gasteiger partial charge in [-0.1, -0.05) is 0 Å². The zero-order valence-corrected chi connectivity index (χ0v) is 9.61. The highest BCUT2D eigenvalue weighted by Gasteiger charge is 2.22. The van der Waals surface area contributed by atoms with E-state index < -0.39 is 10.2 Å². The molecule has 0 amide bonds. The van der Waals surface area contributed by atoms with Crippen LogP contribution in [-0.4, -0.2) is 21.0 Å². The molecule has 14 heavy (non-hydrogen) atoms. The second-order valence-electron chi connectivity index (χ2n) is 3.62. The monoisotopic (exact) mass is 243 g/mol. The third kappa shape index (κ3) is 5.11. The number of halogens is 1. The summed E-state index contributed by atoms with van der Waals surface area (Å²) >= 11 is 0. The quantitative estimate of drug-likeness (QED) is 0.636. The summed E-state index contributed by atoms with van der Waals surface area (Å²) in [4.78, 5) is 0. The summed E-state index contributed by atoms with van der Waals surface area (Å²) in [5.41, 5.74) is 5.51. The van der Waals surface area contributed by atoms with Gasteiger partial charge in [0.1, 0.15) is 0 Å². The van der Waals surface area contributed by atoms with Gasteiger partial charge in [0.05, 0.1) is 0 Å². The molecular formula is C7H18ClN3O2S. The highest BCUT2D eigenvalue weighted by Crippen LogP contribution is 2.23. The molecule has 1 saturated carbocycles. The first kappa shape index (κ1) is 14.1. The lowest BCUT2D eigenvalue weighted by Gasteiger charge is -2.27. The summed E-state index contributed by atoms with van der Waals surface area (Å²) < 4.78 is 23.8. The van der Waals surface area contributed by atoms with Crippen molar-refractivity contribution in [3.8, 4) is 0 Å². The van der Waals surface area contributed by atoms with Gasteiger partial charge in [-0.05, 0) is 38.1 Å². The van der Waals surface area contributed by atoms with Gasteiger partial charge in [0, 0.05) is 6.04 Å². The Kier molecular flexibility index (Phi) is 5.92. The molecule has 1 aliphatic rings. The van der Waals surface area contributed by atoms with E-state index in [-0.39, 0.29) is 18.4 Å². The van der Waals surface area contributed by atoms with Crippen molar-refractivity contribution in [1.29, 1.82) is 0 Å². The number of rotatable bonds is 3. The van der Waals surface area contributed by atoms with Gasteiger partial charge in [0.2, 0.25) is 0 Å². The number of nitrogens with one attached hydrogen (secondary N) is 1. The molecule has 0 radical (unpaired) electrons. The molecule has 0 aromatic rings. The van der Waals surface area contributed by atoms with E-state index in [1.165, 1.54) is 0 Å². The third-order valence-electron chi connectivity index (χ3n) is 2.51. The van der Waals surface area contributed by atoms with Gasteiger partial charge in [0.15, 0.2) is 0 Å². The van der Waals surface area contributed by atoms with Crippen molar-refractivity contribution in [2.24, 2.45) is 16.8 Å². The Morgan fingerprint density at radius 2 is 1.71 bits per heavy atom. The maximum atomic E-state index is 10.7. The fourth-order valence-electron chi connectivity index (χ4n) is 1.75. The van der Waals surface area contributed by atoms with Crippen LogP contribution in [0.2, 0.25) is 0 Å². The van der Waals surface area contributed by atoms with Gasteiger partial charge >= 0.3 is 0 Å². The second kappa shape index (κ2) is 5.87. The lowest BCUT2D eigenvalue weighted by Crippen LogP contribution is -2.41. The molecule has 0 bridgehead atoms. The maximum Gasteiger partial charge on any atom is 0.274 e. The van der Waals surface area contributed by atoms with Crippen molar-refractivity contribution < 1.29 is 8.42 Å². The van der Waals surface area contributed by atoms with Crippen molar-refractivity contribution in [2.75, 3.05) is 6.54 Å². The Morgan fingerprint density at radius 1 is 1.21 bits per heavy atom. The van der Waals surface area contributed by atoms with Gasteiger partial charge in [0.25, 0.3) is 10.2 Å². The zero-order valence-electron chi connectivity index (χ0n) is 7.98. The summed E-state index contributed by atoms with van der Waals surface area (Å²) in [6.07, 6.45) is 3.67. The lowest BCUT2D eigenvalue weighted by atomic mass is 9.87. The average molecular weight is 244 g/mol. The van der Waals surface area contributed by atoms with Crippen molar-refractivity contribution in [3.63, 3.8) is 0 Å². The van der Waals surface area contributed by atoms with Crippen molar-refractivity contribution >= 4 is 22.6 Å². The summed E-state index contributed by atoms with van der Waals surface area (Å²) in [5, 5.41) is 4.87. The van der Waals surface area contributed by atoms with Crippen LogP contribution in [0.4, 0.5) is 0 Å². The molecule has 0 saturated heterocycles. The number of hydrogen-bond acceptors (Lipinski definition) is 3. The van der Waals surface area contributed by atoms with Gasteiger partial charge in [-0.25, -0.2) is 5.14 Å². The maximum absolute atomic E-state index is 10.7. The molecule has 0 spiro atoms. The largest absolute Gasteiger partial charge is 0.330 e. The normalized spacial score (nSPS) is 28.1. The molecule has 0 unspecified atom stereocenters. The SMILES string of the molecule is Cl.NCC1CCC(NS(N)(=O)=O)CC1. The minimum absolute atomic E-state index is 0. The first-order valence-corrected chi connectivity index (χ1v) is 6.06. The molecule has 5 N–H and O–H groups in total. The third-order valence-corrected chi connectivity index (χ3v) is 3.17. The van der Waals surface area contributed by atoms with Crippen molar-refractivity contribution in [2.45, 2.75) is 31.7 Å². The second-order valence-corrected chi connectivity index (χ2v) is 4.94. The highest BCUT2D eigenvalue weighted by molar-refractivity contribution is 7.87. The summed E-state index contributed by atoms with van der Waals surface area (Å²) in [6, 6.07) is 0.0119. The predicted molar refractivity (Wildman–Crippen MR) is 58.3 cm³/mol. The molecular weight excluding hydrogens is 226 g/mol. The predicted octanol–water partition coefficient (Wildman–Crippen LogP) is -0.281. The van der Waals surface area contributed by atoms with Crippen LogP contribution in [-0.2, 0) is 10.2 Å². The van der Waals surface area contributed by atoms with Crippen LogP contribution in [0.1, 0.15) is 25.7 Å². The van der Waals surface area contributed by atoms with Crippen LogP contribution in [0.3, 0.4) is 0 Å². The average Bonchev–Trinajstić information content (AvgIpc) is 2.03. The van der Waals surface area contributed by atoms with Crippen molar-refractivity contribution in [1.82, 2.24) is 4.72 Å². The van der Waals surface area contributed by atoms with E-state index in [1.807, 2.05) is 0 Å². The topological polar surface area (TPSA) is 98.2 Å². The molecule has 86 valence electrons. The molecule has 1 fully saturated rings. The van der Waals surface area contributed by atoms with Gasteiger partial charge < -0.3 is 5.73 Å². The van der Waals surface area contributed by atoms with E-state index in [4.69, 9.17) is 10.9 Å². The van der Waals surface area contributed by atoms with E-state index in [1.54, 1.807) is 0 Å². The number of hydrogen-bond donors (Lipinski definition) is 3. The Hall–Kier alpha value is 0.120. The van der Waals surface area contributed by atoms with Crippen LogP contribution in [0.5, 0.6) is 0 Å². The fourth-order valence-corrected chi connectivity index (χ4v) is 2.45. The molecule has 0 aromatic heterocycles. The van der Waals surface area contributed by atoms with Crippen molar-refractivity contribution in [3.05, 3.63) is 0 Å². The minimum Gasteiger partial charge on any atom is -0.330 e. The standard InChI is InChI=1S/C7H17N3O2S.ClH/c8-5-6-1-3-7(4-2-6)10-13(9,11)12;/h6-7,10H,1-5,8H2,(H2,9,11,12);1H. The molecule has 5 nitrogen and oxygen atoms in total. The van der Waals surface area contributed by atoms with Crippen LogP contribution in [0, 0.1) is 5.92 Å². The van der Waals surface area contributed by atoms with Crippen LogP contribution in [0.25, 0.3) is 0 Å². The van der Waals surface area contributed by atoms with Crippen LogP contribution >= 0.6 is 12.4 Å². The Balaban J connectivity index is 0.00000169. The van der Waals surface area contributed by atoms with Crippen LogP contribution < -0.4 is 15.6 Å². The van der Waals surface area contributed by atoms with E-state index in [0.29, 0.717) is 12.5 Å². The Morgan fingerprint density at radius 3 is 2.07 bits per heavy atom. The zero-order chi connectivity index (χ0) is 9.90. The lowest BCUT2D eigenvalue weighted by molar-refractivity contribution is 0.319. The molecule has 1 rings (SSSR count). The first-order chi connectivity index (χ1) is 6.01. The molecule has 0 aliphatic heterocycles. The summed E-state index contributed by atoms with van der Waals surface area (Å²) in [7, 11) is -3.53. The number of nitrogens with two attached hydrogens (primary N) is 2. The highest BCUT2D eigenvalue weighted by atomic mass is 35.5. The molecule has 1 aliphatic carbocycles. The van der Waals surface area contributed by atoms with Gasteiger partial charge in [-0.3, -0.25) is 0 Å². The molecule has 0 atom stereocenters. The van der Waals surface area contributed by atoms with E-state index in [2.05, 4.69) is 4.72 Å². The Labute approximate surface area is 91.2 Å². The van der Waals surface area contributed by atoms with Gasteiger partial charge in [-0.15, -0.1) is 12.4 Å². The van der Waals surface area contributed by atoms with Crippen LogP contribution in [0.15, 0.2) is 0 Å². The fraction of sp³-hybridized carbons (Fsp3) is 1.00. The molecule has 0 heterocycles. The molecule has 0 aromatic carbocycles. The van der Waals surface area contributed by atoms with E-state index in [9.17, 15) is 8.42 Å². The smallest absolute Gasteiger partial charge is 0.274 e. The van der Waals surface area contributed by atoms with E-state index in [0.717, 1.165) is 25.7 Å². The minimum atomic E-state index is -3.53. The first-order valence-electron chi connectivity index (χ1n) is 4.51. The summed E-state index contributed by atoms with van der Waals surface area (Å²) in [5.74, 6) is 0.554. The van der Waals surface area contributed by atoms with E-state index >= 15 is 0 Å².